The van der Waals surface area contributed by atoms with Crippen LogP contribution >= 0.6 is 0 Å². The molecule has 3 aromatic heterocycles. The fraction of sp³-hybridized carbons (Fsp3) is 0.517. The lowest BCUT2D eigenvalue weighted by Gasteiger charge is -2.49. The molecule has 0 bridgehead atoms. The molecule has 5 heterocycles. The number of nitrogens with zero attached hydrogens (tertiary/aromatic N) is 7. The van der Waals surface area contributed by atoms with Gasteiger partial charge in [0.1, 0.15) is 11.5 Å². The first-order valence-corrected chi connectivity index (χ1v) is 14.2. The zero-order chi connectivity index (χ0) is 28.0. The summed E-state index contributed by atoms with van der Waals surface area (Å²) in [7, 11) is 0. The number of ketones is 1. The van der Waals surface area contributed by atoms with E-state index in [2.05, 4.69) is 25.1 Å². The number of piperazine rings is 1. The number of nitrogens with one attached hydrogen (secondary N) is 1. The second kappa shape index (κ2) is 10.6. The van der Waals surface area contributed by atoms with Crippen molar-refractivity contribution < 1.29 is 9.59 Å². The van der Waals surface area contributed by atoms with Gasteiger partial charge in [0, 0.05) is 69.9 Å². The number of anilines is 3. The molecule has 11 heteroatoms. The molecule has 3 aliphatic rings. The van der Waals surface area contributed by atoms with Gasteiger partial charge >= 0.3 is 0 Å². The van der Waals surface area contributed by atoms with Gasteiger partial charge in [-0.3, -0.25) is 23.9 Å². The van der Waals surface area contributed by atoms with Crippen molar-refractivity contribution in [3.8, 4) is 0 Å². The number of amides is 1. The SMILES string of the molecule is CC(=O)c1c(C)c2cnc(Nc3ccc(N4CC(N5CCN(C(C)=O)CC5)C4)cn3)nc2n(C2CCCC2)c1=O. The van der Waals surface area contributed by atoms with E-state index in [1.807, 2.05) is 23.2 Å². The predicted octanol–water partition coefficient (Wildman–Crippen LogP) is 2.91. The maximum atomic E-state index is 13.4. The number of aryl methyl sites for hydroxylation is 1. The first kappa shape index (κ1) is 26.4. The number of Topliss-reactive ketones (excluding diaryl/α,β-unsaturated/α-hetero) is 1. The molecule has 6 rings (SSSR count). The molecule has 2 saturated heterocycles. The lowest BCUT2D eigenvalue weighted by Crippen LogP contribution is -2.63. The molecular formula is C29H36N8O3. The Morgan fingerprint density at radius 1 is 0.950 bits per heavy atom. The summed E-state index contributed by atoms with van der Waals surface area (Å²) < 4.78 is 1.72. The second-order valence-corrected chi connectivity index (χ2v) is 11.2. The summed E-state index contributed by atoms with van der Waals surface area (Å²) in [4.78, 5) is 57.9. The Bertz CT molecular complexity index is 1500. The fourth-order valence-electron chi connectivity index (χ4n) is 6.37. The van der Waals surface area contributed by atoms with E-state index < -0.39 is 0 Å². The normalized spacial score (nSPS) is 18.8. The zero-order valence-corrected chi connectivity index (χ0v) is 23.4. The van der Waals surface area contributed by atoms with Crippen LogP contribution in [0.1, 0.15) is 61.5 Å². The van der Waals surface area contributed by atoms with Crippen molar-refractivity contribution >= 4 is 40.2 Å². The van der Waals surface area contributed by atoms with Crippen molar-refractivity contribution in [1.29, 1.82) is 0 Å². The molecule has 3 fully saturated rings. The highest BCUT2D eigenvalue weighted by Crippen LogP contribution is 2.32. The van der Waals surface area contributed by atoms with E-state index in [1.165, 1.54) is 6.92 Å². The molecule has 0 atom stereocenters. The maximum absolute atomic E-state index is 13.4. The average Bonchev–Trinajstić information content (AvgIpc) is 3.43. The molecule has 3 aromatic rings. The van der Waals surface area contributed by atoms with Gasteiger partial charge in [0.2, 0.25) is 11.9 Å². The molecule has 0 aromatic carbocycles. The molecule has 0 radical (unpaired) electrons. The number of hydrogen-bond acceptors (Lipinski definition) is 9. The lowest BCUT2D eigenvalue weighted by molar-refractivity contribution is -0.130. The minimum atomic E-state index is -0.259. The van der Waals surface area contributed by atoms with E-state index in [1.54, 1.807) is 24.6 Å². The average molecular weight is 545 g/mol. The monoisotopic (exact) mass is 544 g/mol. The van der Waals surface area contributed by atoms with Crippen molar-refractivity contribution in [2.75, 3.05) is 49.5 Å². The molecule has 40 heavy (non-hydrogen) atoms. The number of aromatic nitrogens is 4. The van der Waals surface area contributed by atoms with Crippen LogP contribution in [0.25, 0.3) is 11.0 Å². The van der Waals surface area contributed by atoms with E-state index in [4.69, 9.17) is 4.98 Å². The van der Waals surface area contributed by atoms with E-state index in [9.17, 15) is 14.4 Å². The summed E-state index contributed by atoms with van der Waals surface area (Å²) in [5.41, 5.74) is 2.22. The Morgan fingerprint density at radius 2 is 1.68 bits per heavy atom. The van der Waals surface area contributed by atoms with Crippen LogP contribution in [0.4, 0.5) is 17.5 Å². The van der Waals surface area contributed by atoms with Crippen LogP contribution in [0.2, 0.25) is 0 Å². The zero-order valence-electron chi connectivity index (χ0n) is 23.4. The molecule has 210 valence electrons. The van der Waals surface area contributed by atoms with Crippen molar-refractivity contribution in [2.45, 2.75) is 58.5 Å². The molecular weight excluding hydrogens is 508 g/mol. The van der Waals surface area contributed by atoms with Gasteiger partial charge in [-0.25, -0.2) is 9.97 Å². The first-order chi connectivity index (χ1) is 19.3. The van der Waals surface area contributed by atoms with Gasteiger partial charge in [0.05, 0.1) is 17.4 Å². The Balaban J connectivity index is 1.16. The summed E-state index contributed by atoms with van der Waals surface area (Å²) >= 11 is 0. The summed E-state index contributed by atoms with van der Waals surface area (Å²) in [6.45, 7) is 10.2. The van der Waals surface area contributed by atoms with Gasteiger partial charge in [0.25, 0.3) is 5.56 Å². The van der Waals surface area contributed by atoms with Crippen molar-refractivity contribution in [2.24, 2.45) is 0 Å². The van der Waals surface area contributed by atoms with Crippen molar-refractivity contribution in [3.63, 3.8) is 0 Å². The van der Waals surface area contributed by atoms with Crippen LogP contribution < -0.4 is 15.8 Å². The molecule has 1 aliphatic carbocycles. The fourth-order valence-corrected chi connectivity index (χ4v) is 6.37. The third-order valence-electron chi connectivity index (χ3n) is 8.74. The molecule has 11 nitrogen and oxygen atoms in total. The Kier molecular flexibility index (Phi) is 6.99. The van der Waals surface area contributed by atoms with Gasteiger partial charge in [-0.1, -0.05) is 12.8 Å². The highest BCUT2D eigenvalue weighted by atomic mass is 16.2. The van der Waals surface area contributed by atoms with Crippen LogP contribution in [0.15, 0.2) is 29.3 Å². The smallest absolute Gasteiger partial charge is 0.263 e. The number of carbonyl (C=O) groups is 2. The molecule has 0 spiro atoms. The second-order valence-electron chi connectivity index (χ2n) is 11.2. The third-order valence-corrected chi connectivity index (χ3v) is 8.74. The topological polar surface area (TPSA) is 117 Å². The summed E-state index contributed by atoms with van der Waals surface area (Å²) in [6, 6.07) is 4.49. The molecule has 1 N–H and O–H groups in total. The van der Waals surface area contributed by atoms with Crippen LogP contribution in [-0.4, -0.2) is 86.3 Å². The summed E-state index contributed by atoms with van der Waals surface area (Å²) in [5, 5.41) is 3.91. The van der Waals surface area contributed by atoms with Gasteiger partial charge in [-0.15, -0.1) is 0 Å². The standard InChI is InChI=1S/C29H36N8O3/c1-18-24-15-31-29(33-27(24)37(21-6-4-5-7-21)28(40)26(18)19(2)38)32-25-9-8-22(14-30-25)36-16-23(17-36)35-12-10-34(11-13-35)20(3)39/h8-9,14-15,21,23H,4-7,10-13,16-17H2,1-3H3,(H,30,31,32,33). The molecule has 1 amide bonds. The van der Waals surface area contributed by atoms with Gasteiger partial charge in [-0.2, -0.15) is 4.98 Å². The highest BCUT2D eigenvalue weighted by Gasteiger charge is 2.34. The molecule has 2 aliphatic heterocycles. The summed E-state index contributed by atoms with van der Waals surface area (Å²) in [6.07, 6.45) is 7.46. The minimum Gasteiger partial charge on any atom is -0.367 e. The Morgan fingerprint density at radius 3 is 2.30 bits per heavy atom. The van der Waals surface area contributed by atoms with E-state index >= 15 is 0 Å². The quantitative estimate of drug-likeness (QED) is 0.468. The highest BCUT2D eigenvalue weighted by molar-refractivity contribution is 5.99. The van der Waals surface area contributed by atoms with Crippen LogP contribution in [0.5, 0.6) is 0 Å². The van der Waals surface area contributed by atoms with E-state index in [-0.39, 0.29) is 28.9 Å². The minimum absolute atomic E-state index is 0.0345. The maximum Gasteiger partial charge on any atom is 0.263 e. The van der Waals surface area contributed by atoms with Gasteiger partial charge in [-0.05, 0) is 44.4 Å². The number of pyridine rings is 2. The van der Waals surface area contributed by atoms with E-state index in [0.29, 0.717) is 29.0 Å². The van der Waals surface area contributed by atoms with Gasteiger partial charge < -0.3 is 15.1 Å². The van der Waals surface area contributed by atoms with Crippen LogP contribution in [-0.2, 0) is 4.79 Å². The van der Waals surface area contributed by atoms with Crippen molar-refractivity contribution in [3.05, 3.63) is 46.0 Å². The lowest BCUT2D eigenvalue weighted by atomic mass is 10.0. The third kappa shape index (κ3) is 4.83. The van der Waals surface area contributed by atoms with Crippen LogP contribution in [0.3, 0.4) is 0 Å². The largest absolute Gasteiger partial charge is 0.367 e. The Labute approximate surface area is 233 Å². The Hall–Kier alpha value is -3.86. The van der Waals surface area contributed by atoms with Crippen molar-refractivity contribution in [1.82, 2.24) is 29.3 Å². The predicted molar refractivity (Wildman–Crippen MR) is 153 cm³/mol. The molecule has 1 saturated carbocycles. The van der Waals surface area contributed by atoms with Gasteiger partial charge in [0.15, 0.2) is 5.78 Å². The number of rotatable bonds is 6. The summed E-state index contributed by atoms with van der Waals surface area (Å²) in [5.74, 6) is 0.908. The first-order valence-electron chi connectivity index (χ1n) is 14.2. The number of hydrogen-bond donors (Lipinski definition) is 1. The van der Waals surface area contributed by atoms with Crippen LogP contribution in [0, 0.1) is 6.92 Å². The number of fused-ring (bicyclic) bond motifs is 1. The molecule has 0 unspecified atom stereocenters. The van der Waals surface area contributed by atoms with E-state index in [0.717, 1.165) is 76.0 Å². The number of carbonyl (C=O) groups excluding carboxylic acids is 2.